The van der Waals surface area contributed by atoms with E-state index < -0.39 is 12.6 Å². The molecule has 0 unspecified atom stereocenters. The third-order valence-electron chi connectivity index (χ3n) is 5.85. The van der Waals surface area contributed by atoms with Crippen molar-refractivity contribution < 1.29 is 14.3 Å². The van der Waals surface area contributed by atoms with Crippen LogP contribution in [0.2, 0.25) is 0 Å². The average molecular weight is 474 g/mol. The minimum atomic E-state index is -0.755. The Bertz CT molecular complexity index is 1390. The minimum absolute atomic E-state index is 0.0100. The van der Waals surface area contributed by atoms with Gasteiger partial charge in [-0.25, -0.2) is 9.78 Å². The number of benzene rings is 2. The van der Waals surface area contributed by atoms with Crippen LogP contribution in [0.25, 0.3) is 10.8 Å². The fourth-order valence-electron chi connectivity index (χ4n) is 4.09. The highest BCUT2D eigenvalue weighted by Gasteiger charge is 2.25. The van der Waals surface area contributed by atoms with Gasteiger partial charge in [0.15, 0.2) is 11.7 Å². The van der Waals surface area contributed by atoms with Crippen LogP contribution < -0.4 is 10.5 Å². The monoisotopic (exact) mass is 473 g/mol. The first-order valence-corrected chi connectivity index (χ1v) is 12.0. The van der Waals surface area contributed by atoms with Gasteiger partial charge in [-0.2, -0.15) is 0 Å². The van der Waals surface area contributed by atoms with Gasteiger partial charge in [-0.1, -0.05) is 48.5 Å². The summed E-state index contributed by atoms with van der Waals surface area (Å²) in [4.78, 5) is 48.2. The zero-order valence-corrected chi connectivity index (χ0v) is 19.3. The van der Waals surface area contributed by atoms with Crippen molar-refractivity contribution in [3.8, 4) is 0 Å². The molecule has 0 bridgehead atoms. The number of hydrogen-bond donors (Lipinski definition) is 1. The second kappa shape index (κ2) is 9.61. The SMILES string of the molecule is O=C(OCC(=O)N(Cc1ccccc1)c1nc2c(s1)CCCC2)c1cc2ccccc2c(=O)[nH]1. The minimum Gasteiger partial charge on any atom is -0.451 e. The summed E-state index contributed by atoms with van der Waals surface area (Å²) < 4.78 is 5.31. The van der Waals surface area contributed by atoms with Crippen LogP contribution in [0.3, 0.4) is 0 Å². The number of nitrogens with zero attached hydrogens (tertiary/aromatic N) is 2. The summed E-state index contributed by atoms with van der Waals surface area (Å²) in [6.07, 6.45) is 4.13. The van der Waals surface area contributed by atoms with Crippen molar-refractivity contribution in [2.75, 3.05) is 11.5 Å². The van der Waals surface area contributed by atoms with Crippen molar-refractivity contribution in [2.45, 2.75) is 32.2 Å². The molecule has 5 rings (SSSR count). The first-order chi connectivity index (χ1) is 16.6. The largest absolute Gasteiger partial charge is 0.451 e. The Kier molecular flexibility index (Phi) is 6.22. The van der Waals surface area contributed by atoms with Crippen molar-refractivity contribution in [3.63, 3.8) is 0 Å². The fraction of sp³-hybridized carbons (Fsp3) is 0.231. The van der Waals surface area contributed by atoms with E-state index in [-0.39, 0.29) is 17.2 Å². The number of ether oxygens (including phenoxy) is 1. The molecular weight excluding hydrogens is 450 g/mol. The molecule has 0 fully saturated rings. The van der Waals surface area contributed by atoms with Crippen molar-refractivity contribution in [3.05, 3.63) is 92.8 Å². The molecule has 172 valence electrons. The van der Waals surface area contributed by atoms with Gasteiger partial charge in [-0.15, -0.1) is 11.3 Å². The standard InChI is InChI=1S/C26H23N3O4S/c30-23(16-33-25(32)21-14-18-10-4-5-11-19(18)24(31)27-21)29(15-17-8-2-1-3-9-17)26-28-20-12-6-7-13-22(20)34-26/h1-5,8-11,14H,6-7,12-13,15-16H2,(H,27,31). The third kappa shape index (κ3) is 4.63. The molecule has 7 nitrogen and oxygen atoms in total. The second-order valence-corrected chi connectivity index (χ2v) is 9.28. The van der Waals surface area contributed by atoms with Gasteiger partial charge in [0.2, 0.25) is 0 Å². The molecule has 1 aliphatic rings. The quantitative estimate of drug-likeness (QED) is 0.423. The van der Waals surface area contributed by atoms with Gasteiger partial charge in [-0.3, -0.25) is 14.5 Å². The summed E-state index contributed by atoms with van der Waals surface area (Å²) in [6, 6.07) is 18.2. The average Bonchev–Trinajstić information content (AvgIpc) is 3.30. The van der Waals surface area contributed by atoms with Crippen LogP contribution in [0.5, 0.6) is 0 Å². The lowest BCUT2D eigenvalue weighted by Gasteiger charge is -2.20. The molecule has 0 aliphatic heterocycles. The van der Waals surface area contributed by atoms with Crippen LogP contribution in [0.1, 0.15) is 39.5 Å². The van der Waals surface area contributed by atoms with E-state index in [0.717, 1.165) is 36.9 Å². The molecule has 4 aromatic rings. The van der Waals surface area contributed by atoms with E-state index >= 15 is 0 Å². The molecular formula is C26H23N3O4S. The number of anilines is 1. The predicted octanol–water partition coefficient (Wildman–Crippen LogP) is 4.25. The molecule has 0 saturated carbocycles. The Morgan fingerprint density at radius 1 is 1.03 bits per heavy atom. The number of amides is 1. The summed E-state index contributed by atoms with van der Waals surface area (Å²) in [5.74, 6) is -1.12. The smallest absolute Gasteiger partial charge is 0.355 e. The van der Waals surface area contributed by atoms with Crippen LogP contribution in [-0.2, 0) is 28.9 Å². The van der Waals surface area contributed by atoms with Crippen LogP contribution in [0, 0.1) is 0 Å². The molecule has 2 heterocycles. The van der Waals surface area contributed by atoms with Crippen LogP contribution in [-0.4, -0.2) is 28.5 Å². The van der Waals surface area contributed by atoms with Gasteiger partial charge in [0, 0.05) is 10.3 Å². The van der Waals surface area contributed by atoms with E-state index in [0.29, 0.717) is 22.4 Å². The number of H-pyrrole nitrogens is 1. The van der Waals surface area contributed by atoms with Gasteiger partial charge >= 0.3 is 5.97 Å². The van der Waals surface area contributed by atoms with Crippen molar-refractivity contribution in [1.82, 2.24) is 9.97 Å². The summed E-state index contributed by atoms with van der Waals surface area (Å²) in [5, 5.41) is 1.73. The molecule has 0 spiro atoms. The van der Waals surface area contributed by atoms with E-state index in [9.17, 15) is 14.4 Å². The number of hydrogen-bond acceptors (Lipinski definition) is 6. The van der Waals surface area contributed by atoms with Crippen LogP contribution in [0.15, 0.2) is 65.5 Å². The number of esters is 1. The van der Waals surface area contributed by atoms with E-state index in [1.54, 1.807) is 35.2 Å². The summed E-state index contributed by atoms with van der Waals surface area (Å²) in [5.41, 5.74) is 1.64. The molecule has 2 aromatic carbocycles. The molecule has 1 N–H and O–H groups in total. The highest BCUT2D eigenvalue weighted by Crippen LogP contribution is 2.32. The van der Waals surface area contributed by atoms with Crippen LogP contribution in [0.4, 0.5) is 5.13 Å². The molecule has 34 heavy (non-hydrogen) atoms. The first kappa shape index (κ1) is 22.0. The number of thiazole rings is 1. The Balaban J connectivity index is 1.35. The number of aromatic amines is 1. The number of aryl methyl sites for hydroxylation is 2. The van der Waals surface area contributed by atoms with Crippen molar-refractivity contribution in [2.24, 2.45) is 0 Å². The Morgan fingerprint density at radius 2 is 1.79 bits per heavy atom. The fourth-order valence-corrected chi connectivity index (χ4v) is 5.25. The summed E-state index contributed by atoms with van der Waals surface area (Å²) in [6.45, 7) is -0.124. The number of carbonyl (C=O) groups is 2. The highest BCUT2D eigenvalue weighted by molar-refractivity contribution is 7.15. The Labute approximate surface area is 200 Å². The number of nitrogens with one attached hydrogen (secondary N) is 1. The lowest BCUT2D eigenvalue weighted by atomic mass is 10.0. The van der Waals surface area contributed by atoms with Gasteiger partial charge in [0.1, 0.15) is 5.69 Å². The molecule has 0 atom stereocenters. The summed E-state index contributed by atoms with van der Waals surface area (Å²) in [7, 11) is 0. The van der Waals surface area contributed by atoms with E-state index in [2.05, 4.69) is 4.98 Å². The third-order valence-corrected chi connectivity index (χ3v) is 7.03. The lowest BCUT2D eigenvalue weighted by Crippen LogP contribution is -2.34. The van der Waals surface area contributed by atoms with Gasteiger partial charge < -0.3 is 9.72 Å². The Morgan fingerprint density at radius 3 is 2.62 bits per heavy atom. The first-order valence-electron chi connectivity index (χ1n) is 11.2. The normalized spacial score (nSPS) is 12.8. The number of fused-ring (bicyclic) bond motifs is 2. The maximum absolute atomic E-state index is 13.2. The number of rotatable bonds is 6. The molecule has 1 amide bonds. The van der Waals surface area contributed by atoms with Gasteiger partial charge in [0.05, 0.1) is 12.2 Å². The van der Waals surface area contributed by atoms with E-state index in [4.69, 9.17) is 9.72 Å². The van der Waals surface area contributed by atoms with E-state index in [1.807, 2.05) is 30.3 Å². The van der Waals surface area contributed by atoms with Crippen molar-refractivity contribution >= 4 is 39.1 Å². The topological polar surface area (TPSA) is 92.4 Å². The predicted molar refractivity (Wildman–Crippen MR) is 131 cm³/mol. The van der Waals surface area contributed by atoms with Crippen LogP contribution >= 0.6 is 11.3 Å². The number of aromatic nitrogens is 2. The molecule has 8 heteroatoms. The molecule has 2 aromatic heterocycles. The van der Waals surface area contributed by atoms with E-state index in [1.165, 1.54) is 16.2 Å². The molecule has 0 saturated heterocycles. The second-order valence-electron chi connectivity index (χ2n) is 8.21. The number of carbonyl (C=O) groups excluding carboxylic acids is 2. The Hall–Kier alpha value is -3.78. The van der Waals surface area contributed by atoms with Crippen molar-refractivity contribution in [1.29, 1.82) is 0 Å². The summed E-state index contributed by atoms with van der Waals surface area (Å²) >= 11 is 1.53. The molecule has 1 aliphatic carbocycles. The van der Waals surface area contributed by atoms with Gasteiger partial charge in [-0.05, 0) is 48.8 Å². The highest BCUT2D eigenvalue weighted by atomic mass is 32.1. The number of pyridine rings is 1. The zero-order chi connectivity index (χ0) is 23.5. The maximum Gasteiger partial charge on any atom is 0.355 e. The lowest BCUT2D eigenvalue weighted by molar-refractivity contribution is -0.121. The molecule has 0 radical (unpaired) electrons. The zero-order valence-electron chi connectivity index (χ0n) is 18.5. The maximum atomic E-state index is 13.2. The van der Waals surface area contributed by atoms with Gasteiger partial charge in [0.25, 0.3) is 11.5 Å².